The SMILES string of the molecule is CCCCCC1c2cc3c4c(Br)c2OCOc2c1cc1c(c2C#C[Si](C)(C)C)OCOc2c(cc5c(c2Br)OCOc2c(cc(c(c2C#C[Si](C)(C)C)OCO4)C3CCCCC)C5CCCCC)C1CCCCC. The van der Waals surface area contributed by atoms with Gasteiger partial charge >= 0.3 is 0 Å². The van der Waals surface area contributed by atoms with Crippen LogP contribution in [0.2, 0.25) is 39.3 Å². The Morgan fingerprint density at radius 3 is 0.797 bits per heavy atom. The van der Waals surface area contributed by atoms with Crippen LogP contribution in [0.25, 0.3) is 0 Å². The first-order valence-corrected chi connectivity index (χ1v) is 36.5. The average molecular weight is 1170 g/mol. The third kappa shape index (κ3) is 11.3. The molecular formula is C62H78Br2O8Si2. The molecule has 0 aromatic heterocycles. The summed E-state index contributed by atoms with van der Waals surface area (Å²) in [5, 5.41) is 0. The van der Waals surface area contributed by atoms with E-state index < -0.39 is 16.1 Å². The van der Waals surface area contributed by atoms with Crippen LogP contribution < -0.4 is 37.9 Å². The summed E-state index contributed by atoms with van der Waals surface area (Å²) in [6.07, 6.45) is 16.4. The van der Waals surface area contributed by atoms with Gasteiger partial charge < -0.3 is 37.9 Å². The fourth-order valence-electron chi connectivity index (χ4n) is 11.6. The van der Waals surface area contributed by atoms with Crippen molar-refractivity contribution in [2.75, 3.05) is 27.2 Å². The van der Waals surface area contributed by atoms with Crippen molar-refractivity contribution in [3.8, 4) is 68.9 Å². The third-order valence-electron chi connectivity index (χ3n) is 15.2. The first-order valence-electron chi connectivity index (χ1n) is 27.9. The minimum absolute atomic E-state index is 0.0260. The maximum absolute atomic E-state index is 6.99. The Bertz CT molecular complexity index is 2520. The molecule has 0 spiro atoms. The number of hydrogen-bond donors (Lipinski definition) is 0. The zero-order valence-corrected chi connectivity index (χ0v) is 51.0. The Hall–Kier alpha value is -4.21. The molecule has 4 heterocycles. The van der Waals surface area contributed by atoms with Gasteiger partial charge in [-0.3, -0.25) is 0 Å². The highest BCUT2D eigenvalue weighted by atomic mass is 79.9. The van der Waals surface area contributed by atoms with Crippen LogP contribution in [0.5, 0.6) is 46.0 Å². The van der Waals surface area contributed by atoms with E-state index in [1.54, 1.807) is 0 Å². The van der Waals surface area contributed by atoms with Crippen LogP contribution in [-0.2, 0) is 0 Å². The van der Waals surface area contributed by atoms with Gasteiger partial charge in [0, 0.05) is 68.2 Å². The van der Waals surface area contributed by atoms with Gasteiger partial charge in [0.25, 0.3) is 0 Å². The summed E-state index contributed by atoms with van der Waals surface area (Å²) in [4.78, 5) is 0. The highest BCUT2D eigenvalue weighted by Crippen LogP contribution is 2.59. The lowest BCUT2D eigenvalue weighted by Gasteiger charge is -2.36. The third-order valence-corrected chi connectivity index (χ3v) is 18.4. The molecule has 8 nitrogen and oxygen atoms in total. The second-order valence-electron chi connectivity index (χ2n) is 23.1. The minimum Gasteiger partial charge on any atom is -0.456 e. The Balaban J connectivity index is 1.50. The molecular weight excluding hydrogens is 1090 g/mol. The number of ether oxygens (including phenoxy) is 8. The maximum atomic E-state index is 6.99. The molecule has 0 saturated carbocycles. The molecule has 9 rings (SSSR count). The molecule has 5 aliphatic rings. The summed E-state index contributed by atoms with van der Waals surface area (Å²) < 4.78 is 57.1. The van der Waals surface area contributed by atoms with Gasteiger partial charge in [0.1, 0.15) is 82.2 Å². The fraction of sp³-hybridized carbons (Fsp3) is 0.548. The molecule has 0 fully saturated rings. The van der Waals surface area contributed by atoms with Crippen LogP contribution in [-0.4, -0.2) is 43.3 Å². The van der Waals surface area contributed by atoms with Crippen LogP contribution in [0.15, 0.2) is 33.2 Å². The Kier molecular flexibility index (Phi) is 17.4. The van der Waals surface area contributed by atoms with E-state index in [9.17, 15) is 0 Å². The Morgan fingerprint density at radius 2 is 0.581 bits per heavy atom. The van der Waals surface area contributed by atoms with Gasteiger partial charge in [0.2, 0.25) is 27.2 Å². The summed E-state index contributed by atoms with van der Waals surface area (Å²) in [7, 11) is -3.85. The van der Waals surface area contributed by atoms with Crippen molar-refractivity contribution >= 4 is 48.0 Å². The van der Waals surface area contributed by atoms with Crippen LogP contribution in [0, 0.1) is 22.9 Å². The molecule has 8 bridgehead atoms. The van der Waals surface area contributed by atoms with Crippen molar-refractivity contribution in [2.45, 2.75) is 193 Å². The quantitative estimate of drug-likeness (QED) is 0.0624. The monoisotopic (exact) mass is 1160 g/mol. The summed E-state index contributed by atoms with van der Waals surface area (Å²) in [6.45, 7) is 22.8. The first-order chi connectivity index (χ1) is 35.7. The van der Waals surface area contributed by atoms with Gasteiger partial charge in [-0.1, -0.05) is 156 Å². The van der Waals surface area contributed by atoms with E-state index in [4.69, 9.17) is 37.9 Å². The normalized spacial score (nSPS) is 18.8. The van der Waals surface area contributed by atoms with E-state index in [1.165, 1.54) is 0 Å². The molecule has 4 aromatic rings. The van der Waals surface area contributed by atoms with E-state index in [0.717, 1.165) is 213 Å². The van der Waals surface area contributed by atoms with Gasteiger partial charge in [-0.15, -0.1) is 11.1 Å². The number of hydrogen-bond acceptors (Lipinski definition) is 8. The molecule has 0 N–H and O–H groups in total. The lowest BCUT2D eigenvalue weighted by molar-refractivity contribution is 0.0964. The summed E-state index contributed by atoms with van der Waals surface area (Å²) >= 11 is 8.37. The second-order valence-corrected chi connectivity index (χ2v) is 34.1. The zero-order chi connectivity index (χ0) is 52.3. The molecule has 12 heteroatoms. The topological polar surface area (TPSA) is 73.8 Å². The molecule has 0 amide bonds. The minimum atomic E-state index is -1.93. The van der Waals surface area contributed by atoms with Gasteiger partial charge in [0.15, 0.2) is 0 Å². The predicted molar refractivity (Wildman–Crippen MR) is 310 cm³/mol. The maximum Gasteiger partial charge on any atom is 0.231 e. The van der Waals surface area contributed by atoms with E-state index in [-0.39, 0.29) is 50.8 Å². The molecule has 0 radical (unpaired) electrons. The van der Waals surface area contributed by atoms with Crippen molar-refractivity contribution in [3.63, 3.8) is 0 Å². The summed E-state index contributed by atoms with van der Waals surface area (Å²) in [5.74, 6) is 13.0. The molecule has 4 aromatic carbocycles. The van der Waals surface area contributed by atoms with Crippen LogP contribution in [0.4, 0.5) is 0 Å². The summed E-state index contributed by atoms with van der Waals surface area (Å²) in [6, 6.07) is 9.76. The summed E-state index contributed by atoms with van der Waals surface area (Å²) in [5.41, 5.74) is 18.0. The van der Waals surface area contributed by atoms with Gasteiger partial charge in [-0.25, -0.2) is 0 Å². The van der Waals surface area contributed by atoms with Crippen molar-refractivity contribution in [2.24, 2.45) is 0 Å². The second kappa shape index (κ2) is 23.6. The molecule has 4 aliphatic heterocycles. The van der Waals surface area contributed by atoms with E-state index in [1.807, 2.05) is 0 Å². The van der Waals surface area contributed by atoms with E-state index >= 15 is 0 Å². The molecule has 0 saturated heterocycles. The van der Waals surface area contributed by atoms with Gasteiger partial charge in [0.05, 0.1) is 0 Å². The van der Waals surface area contributed by atoms with Crippen LogP contribution in [0.1, 0.15) is 210 Å². The van der Waals surface area contributed by atoms with Gasteiger partial charge in [-0.05, 0) is 81.8 Å². The largest absolute Gasteiger partial charge is 0.456 e. The van der Waals surface area contributed by atoms with Crippen LogP contribution >= 0.6 is 31.9 Å². The molecule has 396 valence electrons. The van der Waals surface area contributed by atoms with Gasteiger partial charge in [-0.2, -0.15) is 0 Å². The Labute approximate surface area is 461 Å². The van der Waals surface area contributed by atoms with Crippen LogP contribution in [0.3, 0.4) is 0 Å². The van der Waals surface area contributed by atoms with Crippen molar-refractivity contribution in [1.82, 2.24) is 0 Å². The highest BCUT2D eigenvalue weighted by molar-refractivity contribution is 9.11. The highest BCUT2D eigenvalue weighted by Gasteiger charge is 2.41. The predicted octanol–water partition coefficient (Wildman–Crippen LogP) is 17.7. The molecule has 4 unspecified atom stereocenters. The molecule has 4 atom stereocenters. The number of benzene rings is 4. The standard InChI is InChI=1S/C62H78Br2O8Si2/c1-11-15-19-23-39-45-31-46-40(24-20-16-12-2)51-34-52-42(26-22-18-14-4)48-32-47-41(25-21-17-13-3)50-33-49(39)59-53(63)60(50)70-37-67-57(47)44(28-30-74(8,9)10)58(48)68-38-72-62(52)54(64)61(51)71-36-66-56(46)43(27-29-73(5,6)7)55(45)65-35-69-59/h31-34,39-42H,11-26,35-38H2,1-10H3. The average Bonchev–Trinajstić information content (AvgIpc) is 3.33. The fourth-order valence-corrected chi connectivity index (χ4v) is 14.0. The number of rotatable bonds is 16. The number of halogens is 2. The van der Waals surface area contributed by atoms with Crippen molar-refractivity contribution in [3.05, 3.63) is 88.8 Å². The number of unbranched alkanes of at least 4 members (excludes halogenated alkanes) is 8. The molecule has 74 heavy (non-hydrogen) atoms. The lowest BCUT2D eigenvalue weighted by Crippen LogP contribution is -2.24. The zero-order valence-electron chi connectivity index (χ0n) is 45.8. The van der Waals surface area contributed by atoms with E-state index in [2.05, 4.69) is 146 Å². The van der Waals surface area contributed by atoms with Crippen molar-refractivity contribution < 1.29 is 37.9 Å². The first kappa shape index (κ1) is 54.6. The van der Waals surface area contributed by atoms with Crippen molar-refractivity contribution in [1.29, 1.82) is 0 Å². The Morgan fingerprint density at radius 1 is 0.365 bits per heavy atom. The smallest absolute Gasteiger partial charge is 0.231 e. The van der Waals surface area contributed by atoms with E-state index in [0.29, 0.717) is 0 Å². The lowest BCUT2D eigenvalue weighted by atomic mass is 9.75. The molecule has 1 aliphatic carbocycles.